The van der Waals surface area contributed by atoms with Gasteiger partial charge in [0.2, 0.25) is 0 Å². The number of benzene rings is 1. The van der Waals surface area contributed by atoms with Crippen LogP contribution < -0.4 is 0 Å². The number of rotatable bonds is 4. The van der Waals surface area contributed by atoms with E-state index in [0.29, 0.717) is 12.1 Å². The van der Waals surface area contributed by atoms with Crippen molar-refractivity contribution in [1.82, 2.24) is 4.90 Å². The number of amides is 1. The van der Waals surface area contributed by atoms with Crippen LogP contribution in [0.3, 0.4) is 0 Å². The Hall–Kier alpha value is -1.11. The van der Waals surface area contributed by atoms with E-state index < -0.39 is 5.97 Å². The van der Waals surface area contributed by atoms with Gasteiger partial charge in [0.1, 0.15) is 6.54 Å². The maximum atomic E-state index is 12.0. The summed E-state index contributed by atoms with van der Waals surface area (Å²) >= 11 is 2.16. The smallest absolute Gasteiger partial charge is 0.323 e. The third-order valence-electron chi connectivity index (χ3n) is 2.41. The summed E-state index contributed by atoms with van der Waals surface area (Å²) in [6.45, 7) is 3.85. The fraction of sp³-hybridized carbons (Fsp3) is 0.333. The number of carbonyl (C=O) groups is 2. The molecule has 4 nitrogen and oxygen atoms in total. The van der Waals surface area contributed by atoms with Gasteiger partial charge < -0.3 is 10.0 Å². The number of halogens is 1. The third-order valence-corrected chi connectivity index (χ3v) is 3.58. The fourth-order valence-corrected chi connectivity index (χ4v) is 1.91. The van der Waals surface area contributed by atoms with Crippen molar-refractivity contribution in [2.24, 2.45) is 0 Å². The Kier molecular flexibility index (Phi) is 4.92. The maximum absolute atomic E-state index is 12.0. The van der Waals surface area contributed by atoms with E-state index in [0.717, 1.165) is 9.13 Å². The lowest BCUT2D eigenvalue weighted by atomic mass is 10.1. The van der Waals surface area contributed by atoms with Gasteiger partial charge in [0.15, 0.2) is 0 Å². The highest BCUT2D eigenvalue weighted by Crippen LogP contribution is 2.15. The molecule has 0 aromatic heterocycles. The van der Waals surface area contributed by atoms with Crippen molar-refractivity contribution >= 4 is 34.5 Å². The second-order valence-electron chi connectivity index (χ2n) is 3.68. The van der Waals surface area contributed by atoms with Gasteiger partial charge in [-0.15, -0.1) is 0 Å². The average molecular weight is 347 g/mol. The van der Waals surface area contributed by atoms with Gasteiger partial charge in [0.25, 0.3) is 5.91 Å². The van der Waals surface area contributed by atoms with Crippen LogP contribution in [-0.2, 0) is 4.79 Å². The molecule has 0 heterocycles. The molecular formula is C12H14INO3. The molecule has 0 unspecified atom stereocenters. The molecule has 1 aromatic carbocycles. The lowest BCUT2D eigenvalue weighted by molar-refractivity contribution is -0.137. The number of nitrogens with zero attached hydrogens (tertiary/aromatic N) is 1. The maximum Gasteiger partial charge on any atom is 0.323 e. The summed E-state index contributed by atoms with van der Waals surface area (Å²) < 4.78 is 1.000. The highest BCUT2D eigenvalue weighted by atomic mass is 127. The molecule has 1 N–H and O–H groups in total. The fourth-order valence-electron chi connectivity index (χ4n) is 1.40. The highest BCUT2D eigenvalue weighted by Gasteiger charge is 2.17. The van der Waals surface area contributed by atoms with Gasteiger partial charge in [-0.1, -0.05) is 6.07 Å². The Labute approximate surface area is 114 Å². The van der Waals surface area contributed by atoms with Crippen molar-refractivity contribution in [3.8, 4) is 0 Å². The molecule has 0 fully saturated rings. The van der Waals surface area contributed by atoms with Crippen LogP contribution in [-0.4, -0.2) is 35.0 Å². The minimum Gasteiger partial charge on any atom is -0.480 e. The van der Waals surface area contributed by atoms with Crippen LogP contribution in [0.2, 0.25) is 0 Å². The SMILES string of the molecule is CCN(CC(=O)O)C(=O)c1ccc(C)c(I)c1. The second-order valence-corrected chi connectivity index (χ2v) is 4.84. The summed E-state index contributed by atoms with van der Waals surface area (Å²) in [7, 11) is 0. The molecule has 0 aliphatic heterocycles. The molecule has 0 aliphatic rings. The monoisotopic (exact) mass is 347 g/mol. The van der Waals surface area contributed by atoms with Crippen molar-refractivity contribution in [1.29, 1.82) is 0 Å². The largest absolute Gasteiger partial charge is 0.480 e. The Morgan fingerprint density at radius 3 is 2.53 bits per heavy atom. The Morgan fingerprint density at radius 1 is 1.41 bits per heavy atom. The van der Waals surface area contributed by atoms with Crippen LogP contribution in [0, 0.1) is 10.5 Å². The van der Waals surface area contributed by atoms with Crippen LogP contribution in [0.5, 0.6) is 0 Å². The number of hydrogen-bond acceptors (Lipinski definition) is 2. The summed E-state index contributed by atoms with van der Waals surface area (Å²) in [5, 5.41) is 8.71. The van der Waals surface area contributed by atoms with Crippen molar-refractivity contribution in [2.75, 3.05) is 13.1 Å². The number of likely N-dealkylation sites (N-methyl/N-ethyl adjacent to an activating group) is 1. The number of hydrogen-bond donors (Lipinski definition) is 1. The zero-order valence-electron chi connectivity index (χ0n) is 9.74. The van der Waals surface area contributed by atoms with E-state index in [9.17, 15) is 9.59 Å². The van der Waals surface area contributed by atoms with Gasteiger partial charge in [-0.05, 0) is 54.1 Å². The molecule has 1 amide bonds. The van der Waals surface area contributed by atoms with Crippen molar-refractivity contribution < 1.29 is 14.7 Å². The van der Waals surface area contributed by atoms with Gasteiger partial charge >= 0.3 is 5.97 Å². The van der Waals surface area contributed by atoms with Gasteiger partial charge in [-0.3, -0.25) is 9.59 Å². The van der Waals surface area contributed by atoms with Crippen LogP contribution in [0.25, 0.3) is 0 Å². The lowest BCUT2D eigenvalue weighted by Crippen LogP contribution is -2.35. The van der Waals surface area contributed by atoms with Crippen LogP contribution in [0.15, 0.2) is 18.2 Å². The van der Waals surface area contributed by atoms with Gasteiger partial charge in [-0.2, -0.15) is 0 Å². The summed E-state index contributed by atoms with van der Waals surface area (Å²) in [6, 6.07) is 5.37. The zero-order chi connectivity index (χ0) is 13.0. The predicted molar refractivity (Wildman–Crippen MR) is 73.1 cm³/mol. The Balaban J connectivity index is 2.93. The van der Waals surface area contributed by atoms with E-state index >= 15 is 0 Å². The minimum absolute atomic E-state index is 0.243. The first-order valence-electron chi connectivity index (χ1n) is 5.23. The molecule has 0 bridgehead atoms. The van der Waals surface area contributed by atoms with E-state index in [4.69, 9.17) is 5.11 Å². The molecule has 0 saturated carbocycles. The van der Waals surface area contributed by atoms with E-state index in [1.165, 1.54) is 4.90 Å². The van der Waals surface area contributed by atoms with Crippen LogP contribution in [0.1, 0.15) is 22.8 Å². The van der Waals surface area contributed by atoms with E-state index in [1.54, 1.807) is 19.1 Å². The summed E-state index contributed by atoms with van der Waals surface area (Å²) in [5.41, 5.74) is 1.63. The van der Waals surface area contributed by atoms with Gasteiger partial charge in [0.05, 0.1) is 0 Å². The van der Waals surface area contributed by atoms with Crippen molar-refractivity contribution in [3.05, 3.63) is 32.9 Å². The van der Waals surface area contributed by atoms with Gasteiger partial charge in [-0.25, -0.2) is 0 Å². The first-order chi connectivity index (χ1) is 7.95. The van der Waals surface area contributed by atoms with E-state index in [1.807, 2.05) is 13.0 Å². The molecular weight excluding hydrogens is 333 g/mol. The van der Waals surface area contributed by atoms with Crippen molar-refractivity contribution in [3.63, 3.8) is 0 Å². The molecule has 1 aromatic rings. The molecule has 0 aliphatic carbocycles. The van der Waals surface area contributed by atoms with Gasteiger partial charge in [0, 0.05) is 15.7 Å². The molecule has 0 radical (unpaired) electrons. The lowest BCUT2D eigenvalue weighted by Gasteiger charge is -2.18. The number of carboxylic acids is 1. The average Bonchev–Trinajstić information content (AvgIpc) is 2.28. The normalized spacial score (nSPS) is 10.1. The van der Waals surface area contributed by atoms with Crippen LogP contribution in [0.4, 0.5) is 0 Å². The first-order valence-corrected chi connectivity index (χ1v) is 6.30. The zero-order valence-corrected chi connectivity index (χ0v) is 11.9. The molecule has 0 saturated heterocycles. The Morgan fingerprint density at radius 2 is 2.06 bits per heavy atom. The minimum atomic E-state index is -0.998. The summed E-state index contributed by atoms with van der Waals surface area (Å²) in [4.78, 5) is 24.0. The number of carbonyl (C=O) groups excluding carboxylic acids is 1. The van der Waals surface area contributed by atoms with Crippen molar-refractivity contribution in [2.45, 2.75) is 13.8 Å². The first kappa shape index (κ1) is 14.0. The third kappa shape index (κ3) is 3.69. The molecule has 0 spiro atoms. The topological polar surface area (TPSA) is 57.6 Å². The summed E-state index contributed by atoms with van der Waals surface area (Å²) in [5.74, 6) is -1.24. The molecule has 1 rings (SSSR count). The van der Waals surface area contributed by atoms with E-state index in [2.05, 4.69) is 22.6 Å². The Bertz CT molecular complexity index is 445. The second kappa shape index (κ2) is 6.00. The number of aryl methyl sites for hydroxylation is 1. The molecule has 17 heavy (non-hydrogen) atoms. The number of carboxylic acid groups (broad SMARTS) is 1. The predicted octanol–water partition coefficient (Wildman–Crippen LogP) is 2.15. The standard InChI is InChI=1S/C12H14INO3/c1-3-14(7-11(15)16)12(17)9-5-4-8(2)10(13)6-9/h4-6H,3,7H2,1-2H3,(H,15,16). The number of aliphatic carboxylic acids is 1. The van der Waals surface area contributed by atoms with Crippen LogP contribution >= 0.6 is 22.6 Å². The van der Waals surface area contributed by atoms with E-state index in [-0.39, 0.29) is 12.5 Å². The molecule has 0 atom stereocenters. The molecule has 92 valence electrons. The highest BCUT2D eigenvalue weighted by molar-refractivity contribution is 14.1. The molecule has 5 heteroatoms. The quantitative estimate of drug-likeness (QED) is 0.850. The summed E-state index contributed by atoms with van der Waals surface area (Å²) in [6.07, 6.45) is 0.